The fraction of sp³-hybridized carbons (Fsp3) is 0.409. The van der Waals surface area contributed by atoms with Gasteiger partial charge in [0.05, 0.1) is 5.69 Å². The van der Waals surface area contributed by atoms with Gasteiger partial charge in [-0.1, -0.05) is 24.3 Å². The number of nitrogens with zero attached hydrogens (tertiary/aromatic N) is 3. The average Bonchev–Trinajstić information content (AvgIpc) is 3.09. The van der Waals surface area contributed by atoms with Crippen molar-refractivity contribution in [3.05, 3.63) is 54.2 Å². The van der Waals surface area contributed by atoms with Crippen molar-refractivity contribution < 1.29 is 4.79 Å². The maximum Gasteiger partial charge on any atom is 0.220 e. The molecular weight excluding hydrogens is 350 g/mol. The predicted molar refractivity (Wildman–Crippen MR) is 111 cm³/mol. The molecule has 0 bridgehead atoms. The number of carbonyl (C=O) groups is 1. The lowest BCUT2D eigenvalue weighted by atomic mass is 9.79. The van der Waals surface area contributed by atoms with Crippen LogP contribution in [0.4, 0.5) is 0 Å². The van der Waals surface area contributed by atoms with Crippen LogP contribution in [-0.4, -0.2) is 48.4 Å². The molecule has 2 aromatic rings. The number of hydrogen-bond donors (Lipinski definition) is 2. The minimum atomic E-state index is 0.0614. The number of carbonyl (C=O) groups excluding carboxylic acids is 1. The van der Waals surface area contributed by atoms with Crippen LogP contribution in [-0.2, 0) is 11.3 Å². The van der Waals surface area contributed by atoms with Gasteiger partial charge in [-0.15, -0.1) is 0 Å². The molecule has 2 saturated heterocycles. The highest BCUT2D eigenvalue weighted by atomic mass is 16.1. The van der Waals surface area contributed by atoms with E-state index in [4.69, 9.17) is 0 Å². The molecule has 2 fully saturated rings. The molecule has 1 amide bonds. The van der Waals surface area contributed by atoms with E-state index in [0.29, 0.717) is 13.0 Å². The highest BCUT2D eigenvalue weighted by molar-refractivity contribution is 5.81. The first kappa shape index (κ1) is 18.5. The lowest BCUT2D eigenvalue weighted by Gasteiger charge is -2.40. The van der Waals surface area contributed by atoms with Crippen LogP contribution >= 0.6 is 0 Å². The van der Waals surface area contributed by atoms with Crippen LogP contribution in [0.15, 0.2) is 53.7 Å². The number of pyridine rings is 1. The van der Waals surface area contributed by atoms with Crippen molar-refractivity contribution in [2.45, 2.75) is 25.8 Å². The van der Waals surface area contributed by atoms with Crippen molar-refractivity contribution in [1.82, 2.24) is 20.5 Å². The Morgan fingerprint density at radius 1 is 1.32 bits per heavy atom. The topological polar surface area (TPSA) is 69.6 Å². The molecule has 4 rings (SSSR count). The first-order chi connectivity index (χ1) is 13.7. The monoisotopic (exact) mass is 377 g/mol. The van der Waals surface area contributed by atoms with Crippen LogP contribution < -0.4 is 10.6 Å². The summed E-state index contributed by atoms with van der Waals surface area (Å²) in [6, 6.07) is 14.4. The zero-order valence-electron chi connectivity index (χ0n) is 16.3. The molecule has 3 heterocycles. The number of nitrogens with one attached hydrogen (secondary N) is 2. The molecule has 146 valence electrons. The number of likely N-dealkylation sites (tertiary alicyclic amines) is 1. The van der Waals surface area contributed by atoms with Crippen molar-refractivity contribution in [2.75, 3.05) is 26.7 Å². The molecule has 6 heteroatoms. The van der Waals surface area contributed by atoms with Gasteiger partial charge in [-0.25, -0.2) is 0 Å². The Balaban J connectivity index is 1.42. The summed E-state index contributed by atoms with van der Waals surface area (Å²) in [4.78, 5) is 23.0. The highest BCUT2D eigenvalue weighted by Gasteiger charge is 2.42. The smallest absolute Gasteiger partial charge is 0.220 e. The second-order valence-corrected chi connectivity index (χ2v) is 7.79. The average molecular weight is 377 g/mol. The van der Waals surface area contributed by atoms with Crippen molar-refractivity contribution in [2.24, 2.45) is 10.4 Å². The van der Waals surface area contributed by atoms with Crippen LogP contribution in [0.2, 0.25) is 0 Å². The summed E-state index contributed by atoms with van der Waals surface area (Å²) in [5.74, 6) is 1.08. The van der Waals surface area contributed by atoms with Gasteiger partial charge in [0.25, 0.3) is 0 Å². The lowest BCUT2D eigenvalue weighted by molar-refractivity contribution is -0.119. The molecule has 2 aliphatic heterocycles. The highest BCUT2D eigenvalue weighted by Crippen LogP contribution is 2.36. The van der Waals surface area contributed by atoms with Crippen molar-refractivity contribution in [1.29, 1.82) is 0 Å². The summed E-state index contributed by atoms with van der Waals surface area (Å²) in [7, 11) is 1.83. The van der Waals surface area contributed by atoms with Gasteiger partial charge in [-0.05, 0) is 36.6 Å². The SMILES string of the molecule is CN=C(NCc1cccc(-c2ccccn2)c1)N1CCCC2(CNC(=O)C2)C1. The van der Waals surface area contributed by atoms with E-state index < -0.39 is 0 Å². The molecule has 0 radical (unpaired) electrons. The Kier molecular flexibility index (Phi) is 5.28. The number of guanidine groups is 1. The van der Waals surface area contributed by atoms with E-state index in [0.717, 1.165) is 49.7 Å². The van der Waals surface area contributed by atoms with Crippen LogP contribution in [0.5, 0.6) is 0 Å². The lowest BCUT2D eigenvalue weighted by Crippen LogP contribution is -2.51. The van der Waals surface area contributed by atoms with Crippen LogP contribution in [0.3, 0.4) is 0 Å². The maximum atomic E-state index is 11.7. The number of piperidine rings is 1. The van der Waals surface area contributed by atoms with Gasteiger partial charge in [-0.3, -0.25) is 14.8 Å². The second-order valence-electron chi connectivity index (χ2n) is 7.79. The standard InChI is InChI=1S/C22H27N5O/c1-23-21(27-11-5-9-22(16-27)13-20(28)26-15-22)25-14-17-6-4-7-18(12-17)19-8-2-3-10-24-19/h2-4,6-8,10,12H,5,9,11,13-16H2,1H3,(H,23,25)(H,26,28). The summed E-state index contributed by atoms with van der Waals surface area (Å²) in [6.07, 6.45) is 4.64. The Labute approximate surface area is 166 Å². The zero-order valence-corrected chi connectivity index (χ0v) is 16.3. The maximum absolute atomic E-state index is 11.7. The Bertz CT molecular complexity index is 866. The van der Waals surface area contributed by atoms with E-state index in [-0.39, 0.29) is 11.3 Å². The third kappa shape index (κ3) is 4.01. The Morgan fingerprint density at radius 3 is 3.00 bits per heavy atom. The van der Waals surface area contributed by atoms with Crippen LogP contribution in [0.25, 0.3) is 11.3 Å². The molecule has 2 aliphatic rings. The van der Waals surface area contributed by atoms with Gasteiger partial charge < -0.3 is 15.5 Å². The first-order valence-electron chi connectivity index (χ1n) is 9.90. The fourth-order valence-electron chi connectivity index (χ4n) is 4.32. The zero-order chi connectivity index (χ0) is 19.4. The number of aliphatic imine (C=N–C) groups is 1. The first-order valence-corrected chi connectivity index (χ1v) is 9.90. The molecule has 1 atom stereocenters. The number of aromatic nitrogens is 1. The predicted octanol–water partition coefficient (Wildman–Crippen LogP) is 2.43. The van der Waals surface area contributed by atoms with E-state index in [2.05, 4.69) is 49.8 Å². The van der Waals surface area contributed by atoms with Gasteiger partial charge in [0.2, 0.25) is 5.91 Å². The van der Waals surface area contributed by atoms with Gasteiger partial charge >= 0.3 is 0 Å². The van der Waals surface area contributed by atoms with Crippen molar-refractivity contribution in [3.8, 4) is 11.3 Å². The fourth-order valence-corrected chi connectivity index (χ4v) is 4.32. The molecular formula is C22H27N5O. The normalized spacial score (nSPS) is 22.4. The Hall–Kier alpha value is -2.89. The number of amides is 1. The molecule has 0 aliphatic carbocycles. The van der Waals surface area contributed by atoms with Crippen LogP contribution in [0.1, 0.15) is 24.8 Å². The molecule has 1 aromatic heterocycles. The molecule has 1 unspecified atom stereocenters. The van der Waals surface area contributed by atoms with Gasteiger partial charge in [0.1, 0.15) is 0 Å². The third-order valence-electron chi connectivity index (χ3n) is 5.71. The van der Waals surface area contributed by atoms with E-state index in [9.17, 15) is 4.79 Å². The van der Waals surface area contributed by atoms with Gasteiger partial charge in [-0.2, -0.15) is 0 Å². The summed E-state index contributed by atoms with van der Waals surface area (Å²) in [6.45, 7) is 3.34. The largest absolute Gasteiger partial charge is 0.355 e. The summed E-state index contributed by atoms with van der Waals surface area (Å²) < 4.78 is 0. The van der Waals surface area contributed by atoms with Gasteiger partial charge in [0.15, 0.2) is 5.96 Å². The molecule has 1 aromatic carbocycles. The van der Waals surface area contributed by atoms with E-state index in [1.807, 2.05) is 31.4 Å². The second kappa shape index (κ2) is 8.00. The van der Waals surface area contributed by atoms with E-state index in [1.165, 1.54) is 5.56 Å². The van der Waals surface area contributed by atoms with Crippen molar-refractivity contribution in [3.63, 3.8) is 0 Å². The summed E-state index contributed by atoms with van der Waals surface area (Å²) in [5, 5.41) is 6.51. The minimum Gasteiger partial charge on any atom is -0.355 e. The molecule has 1 spiro atoms. The third-order valence-corrected chi connectivity index (χ3v) is 5.71. The number of hydrogen-bond acceptors (Lipinski definition) is 3. The molecule has 0 saturated carbocycles. The van der Waals surface area contributed by atoms with Crippen molar-refractivity contribution >= 4 is 11.9 Å². The van der Waals surface area contributed by atoms with E-state index in [1.54, 1.807) is 0 Å². The number of rotatable bonds is 3. The summed E-state index contributed by atoms with van der Waals surface area (Å²) >= 11 is 0. The van der Waals surface area contributed by atoms with Crippen LogP contribution in [0, 0.1) is 5.41 Å². The molecule has 28 heavy (non-hydrogen) atoms. The van der Waals surface area contributed by atoms with E-state index >= 15 is 0 Å². The number of benzene rings is 1. The van der Waals surface area contributed by atoms with Gasteiger partial charge in [0, 0.05) is 56.8 Å². The minimum absolute atomic E-state index is 0.0614. The molecule has 6 nitrogen and oxygen atoms in total. The Morgan fingerprint density at radius 2 is 2.25 bits per heavy atom. The molecule has 2 N–H and O–H groups in total. The quantitative estimate of drug-likeness (QED) is 0.637. The summed E-state index contributed by atoms with van der Waals surface area (Å²) in [5.41, 5.74) is 3.34.